The average molecular weight is 402 g/mol. The second-order valence-electron chi connectivity index (χ2n) is 6.63. The van der Waals surface area contributed by atoms with E-state index in [4.69, 9.17) is 4.74 Å². The smallest absolute Gasteiger partial charge is 0.223 e. The van der Waals surface area contributed by atoms with Crippen LogP contribution in [0.15, 0.2) is 35.2 Å². The second-order valence-corrected chi connectivity index (χ2v) is 7.55. The third-order valence-electron chi connectivity index (χ3n) is 5.26. The Morgan fingerprint density at radius 1 is 1.40 bits per heavy atom. The monoisotopic (exact) mass is 401 g/mol. The Morgan fingerprint density at radius 3 is 3.12 bits per heavy atom. The van der Waals surface area contributed by atoms with Crippen molar-refractivity contribution < 1.29 is 9.53 Å². The lowest BCUT2D eigenvalue weighted by atomic mass is 9.98. The molecular weight excluding hydrogens is 382 g/mol. The number of hydrogen-bond acceptors (Lipinski definition) is 4. The summed E-state index contributed by atoms with van der Waals surface area (Å²) in [5.41, 5.74) is 3.29. The number of amides is 1. The van der Waals surface area contributed by atoms with Crippen LogP contribution < -0.4 is 4.74 Å². The first kappa shape index (κ1) is 16.5. The SMILES string of the molecule is COc1ccc(Br)cc1CCC(=O)N1C2CCC1c1cncnc1C2. The first-order valence-corrected chi connectivity index (χ1v) is 9.39. The van der Waals surface area contributed by atoms with Gasteiger partial charge in [0.2, 0.25) is 5.91 Å². The van der Waals surface area contributed by atoms with Crippen molar-refractivity contribution in [2.45, 2.75) is 44.2 Å². The summed E-state index contributed by atoms with van der Waals surface area (Å²) in [5, 5.41) is 0. The van der Waals surface area contributed by atoms with E-state index in [1.54, 1.807) is 13.4 Å². The van der Waals surface area contributed by atoms with Gasteiger partial charge in [0, 0.05) is 35.1 Å². The quantitative estimate of drug-likeness (QED) is 0.786. The number of aromatic nitrogens is 2. The fourth-order valence-electron chi connectivity index (χ4n) is 4.12. The molecule has 1 aromatic heterocycles. The molecule has 5 nitrogen and oxygen atoms in total. The van der Waals surface area contributed by atoms with Gasteiger partial charge in [-0.05, 0) is 43.0 Å². The van der Waals surface area contributed by atoms with Gasteiger partial charge in [0.05, 0.1) is 18.8 Å². The molecule has 3 heterocycles. The maximum atomic E-state index is 13.0. The maximum absolute atomic E-state index is 13.0. The molecular formula is C19H20BrN3O2. The van der Waals surface area contributed by atoms with Crippen LogP contribution in [-0.4, -0.2) is 33.9 Å². The lowest BCUT2D eigenvalue weighted by Gasteiger charge is -2.35. The number of aryl methyl sites for hydroxylation is 1. The Balaban J connectivity index is 1.50. The predicted molar refractivity (Wildman–Crippen MR) is 97.4 cm³/mol. The van der Waals surface area contributed by atoms with Crippen molar-refractivity contribution >= 4 is 21.8 Å². The summed E-state index contributed by atoms with van der Waals surface area (Å²) >= 11 is 3.49. The molecule has 0 spiro atoms. The highest BCUT2D eigenvalue weighted by molar-refractivity contribution is 9.10. The van der Waals surface area contributed by atoms with E-state index in [-0.39, 0.29) is 18.0 Å². The van der Waals surface area contributed by atoms with Crippen LogP contribution in [-0.2, 0) is 17.6 Å². The van der Waals surface area contributed by atoms with Crippen LogP contribution in [0.4, 0.5) is 0 Å². The van der Waals surface area contributed by atoms with Crippen molar-refractivity contribution in [2.24, 2.45) is 0 Å². The Kier molecular flexibility index (Phi) is 4.46. The van der Waals surface area contributed by atoms with Gasteiger partial charge in [0.25, 0.3) is 0 Å². The Bertz CT molecular complexity index is 811. The Labute approximate surface area is 155 Å². The Morgan fingerprint density at radius 2 is 2.28 bits per heavy atom. The van der Waals surface area contributed by atoms with E-state index in [2.05, 4.69) is 30.8 Å². The van der Waals surface area contributed by atoms with Gasteiger partial charge in [0.1, 0.15) is 12.1 Å². The highest BCUT2D eigenvalue weighted by atomic mass is 79.9. The number of carbonyl (C=O) groups is 1. The first-order valence-electron chi connectivity index (χ1n) is 8.59. The van der Waals surface area contributed by atoms with E-state index in [0.29, 0.717) is 12.8 Å². The molecule has 1 saturated heterocycles. The number of ether oxygens (including phenoxy) is 1. The van der Waals surface area contributed by atoms with Gasteiger partial charge >= 0.3 is 0 Å². The highest BCUT2D eigenvalue weighted by Gasteiger charge is 2.42. The molecule has 2 aliphatic heterocycles. The third-order valence-corrected chi connectivity index (χ3v) is 5.75. The zero-order valence-electron chi connectivity index (χ0n) is 14.1. The third kappa shape index (κ3) is 3.03. The van der Waals surface area contributed by atoms with Gasteiger partial charge in [0.15, 0.2) is 0 Å². The molecule has 2 aliphatic rings. The molecule has 2 atom stereocenters. The van der Waals surface area contributed by atoms with Crippen LogP contribution in [0.1, 0.15) is 42.1 Å². The van der Waals surface area contributed by atoms with Crippen LogP contribution in [0, 0.1) is 0 Å². The molecule has 1 fully saturated rings. The summed E-state index contributed by atoms with van der Waals surface area (Å²) in [6.45, 7) is 0. The van der Waals surface area contributed by atoms with Gasteiger partial charge in [-0.15, -0.1) is 0 Å². The molecule has 0 saturated carbocycles. The van der Waals surface area contributed by atoms with Crippen LogP contribution >= 0.6 is 15.9 Å². The standard InChI is InChI=1S/C19H20BrN3O2/c1-25-18-6-3-13(20)8-12(18)2-7-19(24)23-14-4-5-17(23)15-10-21-11-22-16(15)9-14/h3,6,8,10-11,14,17H,2,4-5,7,9H2,1H3. The number of benzene rings is 1. The molecule has 0 radical (unpaired) electrons. The van der Waals surface area contributed by atoms with Crippen LogP contribution in [0.3, 0.4) is 0 Å². The molecule has 25 heavy (non-hydrogen) atoms. The molecule has 2 unspecified atom stereocenters. The summed E-state index contributed by atoms with van der Waals surface area (Å²) in [6.07, 6.45) is 7.56. The number of carbonyl (C=O) groups excluding carboxylic acids is 1. The average Bonchev–Trinajstić information content (AvgIpc) is 2.95. The summed E-state index contributed by atoms with van der Waals surface area (Å²) in [5.74, 6) is 1.04. The van der Waals surface area contributed by atoms with Gasteiger partial charge in [-0.3, -0.25) is 4.79 Å². The van der Waals surface area contributed by atoms with Crippen molar-refractivity contribution in [1.82, 2.24) is 14.9 Å². The van der Waals surface area contributed by atoms with E-state index in [0.717, 1.165) is 46.3 Å². The fraction of sp³-hybridized carbons (Fsp3) is 0.421. The zero-order valence-corrected chi connectivity index (χ0v) is 15.7. The predicted octanol–water partition coefficient (Wildman–Crippen LogP) is 3.47. The highest BCUT2D eigenvalue weighted by Crippen LogP contribution is 2.43. The summed E-state index contributed by atoms with van der Waals surface area (Å²) < 4.78 is 6.42. The van der Waals surface area contributed by atoms with Gasteiger partial charge in [-0.25, -0.2) is 9.97 Å². The number of hydrogen-bond donors (Lipinski definition) is 0. The number of fused-ring (bicyclic) bond motifs is 4. The summed E-state index contributed by atoms with van der Waals surface area (Å²) in [6, 6.07) is 6.34. The van der Waals surface area contributed by atoms with Gasteiger partial charge < -0.3 is 9.64 Å². The van der Waals surface area contributed by atoms with Crippen molar-refractivity contribution in [3.8, 4) is 5.75 Å². The molecule has 1 amide bonds. The van der Waals surface area contributed by atoms with E-state index >= 15 is 0 Å². The molecule has 0 aliphatic carbocycles. The number of halogens is 1. The lowest BCUT2D eigenvalue weighted by molar-refractivity contribution is -0.134. The molecule has 130 valence electrons. The van der Waals surface area contributed by atoms with Crippen molar-refractivity contribution in [2.75, 3.05) is 7.11 Å². The molecule has 4 rings (SSSR count). The number of nitrogens with zero attached hydrogens (tertiary/aromatic N) is 3. The van der Waals surface area contributed by atoms with E-state index < -0.39 is 0 Å². The fourth-order valence-corrected chi connectivity index (χ4v) is 4.53. The summed E-state index contributed by atoms with van der Waals surface area (Å²) in [4.78, 5) is 23.6. The molecule has 1 aromatic carbocycles. The second kappa shape index (κ2) is 6.75. The zero-order chi connectivity index (χ0) is 17.4. The van der Waals surface area contributed by atoms with Crippen LogP contribution in [0.5, 0.6) is 5.75 Å². The minimum atomic E-state index is 0.145. The summed E-state index contributed by atoms with van der Waals surface area (Å²) in [7, 11) is 1.66. The van der Waals surface area contributed by atoms with Crippen molar-refractivity contribution in [1.29, 1.82) is 0 Å². The molecule has 0 N–H and O–H groups in total. The normalized spacial score (nSPS) is 21.1. The number of methoxy groups -OCH3 is 1. The largest absolute Gasteiger partial charge is 0.496 e. The van der Waals surface area contributed by atoms with E-state index in [1.807, 2.05) is 24.4 Å². The minimum Gasteiger partial charge on any atom is -0.496 e. The van der Waals surface area contributed by atoms with Crippen molar-refractivity contribution in [3.63, 3.8) is 0 Å². The van der Waals surface area contributed by atoms with Crippen molar-refractivity contribution in [3.05, 3.63) is 52.0 Å². The number of rotatable bonds is 4. The topological polar surface area (TPSA) is 55.3 Å². The first-order chi connectivity index (χ1) is 12.2. The van der Waals surface area contributed by atoms with E-state index in [1.165, 1.54) is 0 Å². The molecule has 6 heteroatoms. The molecule has 2 bridgehead atoms. The van der Waals surface area contributed by atoms with Crippen LogP contribution in [0.25, 0.3) is 0 Å². The lowest BCUT2D eigenvalue weighted by Crippen LogP contribution is -2.42. The van der Waals surface area contributed by atoms with Crippen LogP contribution in [0.2, 0.25) is 0 Å². The maximum Gasteiger partial charge on any atom is 0.223 e. The Hall–Kier alpha value is -1.95. The molecule has 2 aromatic rings. The van der Waals surface area contributed by atoms with Gasteiger partial charge in [-0.2, -0.15) is 0 Å². The minimum absolute atomic E-state index is 0.145. The van der Waals surface area contributed by atoms with Gasteiger partial charge in [-0.1, -0.05) is 15.9 Å². The van der Waals surface area contributed by atoms with E-state index in [9.17, 15) is 4.79 Å².